The predicted molar refractivity (Wildman–Crippen MR) is 71.2 cm³/mol. The topological polar surface area (TPSA) is 40.5 Å². The lowest BCUT2D eigenvalue weighted by Gasteiger charge is -2.23. The maximum absolute atomic E-state index is 13.9. The molecule has 1 aromatic carbocycles. The smallest absolute Gasteiger partial charge is 0.328 e. The van der Waals surface area contributed by atoms with Gasteiger partial charge in [0.05, 0.1) is 5.69 Å². The van der Waals surface area contributed by atoms with Gasteiger partial charge in [-0.3, -0.25) is 0 Å². The summed E-state index contributed by atoms with van der Waals surface area (Å²) in [7, 11) is 0. The quantitative estimate of drug-likeness (QED) is 0.622. The lowest BCUT2D eigenvalue weighted by molar-refractivity contribution is -0.131. The molecule has 0 aromatic heterocycles. The van der Waals surface area contributed by atoms with Crippen molar-refractivity contribution in [3.05, 3.63) is 48.3 Å². The Bertz CT molecular complexity index is 469. The van der Waals surface area contributed by atoms with Crippen molar-refractivity contribution in [3.8, 4) is 0 Å². The molecule has 0 atom stereocenters. The van der Waals surface area contributed by atoms with E-state index in [2.05, 4.69) is 6.58 Å². The Hall–Kier alpha value is -2.10. The lowest BCUT2D eigenvalue weighted by atomic mass is 10.1. The number of carbonyl (C=O) groups is 1. The van der Waals surface area contributed by atoms with Crippen LogP contribution in [0.15, 0.2) is 36.9 Å². The lowest BCUT2D eigenvalue weighted by Crippen LogP contribution is -2.24. The maximum Gasteiger partial charge on any atom is 0.328 e. The SMILES string of the molecule is C=CCN(CC)c1c(F)cccc1/C=C/C(=O)O. The molecule has 1 aromatic rings. The van der Waals surface area contributed by atoms with Crippen molar-refractivity contribution in [1.29, 1.82) is 0 Å². The molecule has 96 valence electrons. The highest BCUT2D eigenvalue weighted by atomic mass is 19.1. The van der Waals surface area contributed by atoms with Crippen LogP contribution in [0.4, 0.5) is 10.1 Å². The van der Waals surface area contributed by atoms with Gasteiger partial charge in [-0.1, -0.05) is 18.2 Å². The van der Waals surface area contributed by atoms with E-state index in [1.54, 1.807) is 23.1 Å². The second-order valence-electron chi connectivity index (χ2n) is 3.68. The van der Waals surface area contributed by atoms with E-state index in [0.717, 1.165) is 6.08 Å². The molecule has 0 radical (unpaired) electrons. The fourth-order valence-electron chi connectivity index (χ4n) is 1.70. The van der Waals surface area contributed by atoms with Crippen molar-refractivity contribution < 1.29 is 14.3 Å². The summed E-state index contributed by atoms with van der Waals surface area (Å²) in [5.74, 6) is -1.43. The van der Waals surface area contributed by atoms with Crippen LogP contribution < -0.4 is 4.90 Å². The number of para-hydroxylation sites is 1. The number of carboxylic acid groups (broad SMARTS) is 1. The summed E-state index contributed by atoms with van der Waals surface area (Å²) in [4.78, 5) is 12.3. The average Bonchev–Trinajstić information content (AvgIpc) is 2.34. The Labute approximate surface area is 106 Å². The molecule has 1 rings (SSSR count). The van der Waals surface area contributed by atoms with Gasteiger partial charge in [0, 0.05) is 24.7 Å². The fourth-order valence-corrected chi connectivity index (χ4v) is 1.70. The number of rotatable bonds is 6. The molecule has 1 N–H and O–H groups in total. The summed E-state index contributed by atoms with van der Waals surface area (Å²) < 4.78 is 13.9. The molecule has 4 heteroatoms. The zero-order chi connectivity index (χ0) is 13.5. The normalized spacial score (nSPS) is 10.6. The summed E-state index contributed by atoms with van der Waals surface area (Å²) in [6.07, 6.45) is 4.08. The molecule has 0 heterocycles. The molecular weight excluding hydrogens is 233 g/mol. The number of nitrogens with zero attached hydrogens (tertiary/aromatic N) is 1. The van der Waals surface area contributed by atoms with E-state index >= 15 is 0 Å². The summed E-state index contributed by atoms with van der Waals surface area (Å²) in [5.41, 5.74) is 0.943. The number of likely N-dealkylation sites (N-methyl/N-ethyl adjacent to an activating group) is 1. The zero-order valence-electron chi connectivity index (χ0n) is 10.3. The first-order chi connectivity index (χ1) is 8.60. The number of carboxylic acids is 1. The van der Waals surface area contributed by atoms with Crippen LogP contribution in [0.3, 0.4) is 0 Å². The predicted octanol–water partition coefficient (Wildman–Crippen LogP) is 2.94. The first-order valence-electron chi connectivity index (χ1n) is 5.65. The highest BCUT2D eigenvalue weighted by Gasteiger charge is 2.12. The van der Waals surface area contributed by atoms with Crippen LogP contribution in [0, 0.1) is 5.82 Å². The van der Waals surface area contributed by atoms with E-state index < -0.39 is 5.97 Å². The summed E-state index contributed by atoms with van der Waals surface area (Å²) in [5, 5.41) is 8.62. The van der Waals surface area contributed by atoms with Gasteiger partial charge >= 0.3 is 5.97 Å². The van der Waals surface area contributed by atoms with Crippen LogP contribution in [0.5, 0.6) is 0 Å². The molecule has 0 aliphatic carbocycles. The molecule has 18 heavy (non-hydrogen) atoms. The summed E-state index contributed by atoms with van der Waals surface area (Å²) in [6.45, 7) is 6.65. The third-order valence-electron chi connectivity index (χ3n) is 2.47. The average molecular weight is 249 g/mol. The molecule has 0 amide bonds. The van der Waals surface area contributed by atoms with E-state index in [1.807, 2.05) is 6.92 Å². The number of aliphatic carboxylic acids is 1. The Kier molecular flexibility index (Phi) is 5.11. The van der Waals surface area contributed by atoms with Crippen LogP contribution in [0.2, 0.25) is 0 Å². The maximum atomic E-state index is 13.9. The van der Waals surface area contributed by atoms with Gasteiger partial charge in [-0.2, -0.15) is 0 Å². The number of anilines is 1. The Balaban J connectivity index is 3.21. The van der Waals surface area contributed by atoms with Crippen molar-refractivity contribution in [2.45, 2.75) is 6.92 Å². The van der Waals surface area contributed by atoms with Gasteiger partial charge in [-0.05, 0) is 19.1 Å². The van der Waals surface area contributed by atoms with Crippen molar-refractivity contribution in [2.75, 3.05) is 18.0 Å². The molecule has 0 fully saturated rings. The highest BCUT2D eigenvalue weighted by Crippen LogP contribution is 2.25. The number of benzene rings is 1. The largest absolute Gasteiger partial charge is 0.478 e. The second kappa shape index (κ2) is 6.59. The minimum atomic E-state index is -1.06. The van der Waals surface area contributed by atoms with Gasteiger partial charge in [0.1, 0.15) is 5.82 Å². The van der Waals surface area contributed by atoms with Crippen LogP contribution in [0.1, 0.15) is 12.5 Å². The molecule has 0 aliphatic heterocycles. The van der Waals surface area contributed by atoms with Crippen LogP contribution >= 0.6 is 0 Å². The third-order valence-corrected chi connectivity index (χ3v) is 2.47. The van der Waals surface area contributed by atoms with E-state index in [1.165, 1.54) is 12.1 Å². The second-order valence-corrected chi connectivity index (χ2v) is 3.68. The van der Waals surface area contributed by atoms with Gasteiger partial charge in [-0.15, -0.1) is 6.58 Å². The molecule has 0 bridgehead atoms. The Morgan fingerprint density at radius 3 is 2.83 bits per heavy atom. The third kappa shape index (κ3) is 3.45. The molecule has 0 spiro atoms. The number of hydrogen-bond donors (Lipinski definition) is 1. The molecule has 3 nitrogen and oxygen atoms in total. The van der Waals surface area contributed by atoms with Gasteiger partial charge < -0.3 is 10.0 Å². The minimum absolute atomic E-state index is 0.369. The Morgan fingerprint density at radius 2 is 2.28 bits per heavy atom. The van der Waals surface area contributed by atoms with Gasteiger partial charge in [0.25, 0.3) is 0 Å². The summed E-state index contributed by atoms with van der Waals surface area (Å²) in [6, 6.07) is 4.60. The summed E-state index contributed by atoms with van der Waals surface area (Å²) >= 11 is 0. The van der Waals surface area contributed by atoms with Crippen molar-refractivity contribution in [2.24, 2.45) is 0 Å². The Morgan fingerprint density at radius 1 is 1.56 bits per heavy atom. The van der Waals surface area contributed by atoms with E-state index in [-0.39, 0.29) is 5.82 Å². The highest BCUT2D eigenvalue weighted by molar-refractivity contribution is 5.87. The minimum Gasteiger partial charge on any atom is -0.478 e. The molecule has 0 aliphatic rings. The number of hydrogen-bond acceptors (Lipinski definition) is 2. The number of halogens is 1. The molecule has 0 saturated carbocycles. The van der Waals surface area contributed by atoms with Crippen LogP contribution in [-0.4, -0.2) is 24.2 Å². The zero-order valence-corrected chi connectivity index (χ0v) is 10.3. The van der Waals surface area contributed by atoms with Crippen LogP contribution in [0.25, 0.3) is 6.08 Å². The van der Waals surface area contributed by atoms with Gasteiger partial charge in [0.2, 0.25) is 0 Å². The van der Waals surface area contributed by atoms with Gasteiger partial charge in [0.15, 0.2) is 0 Å². The van der Waals surface area contributed by atoms with Crippen molar-refractivity contribution >= 4 is 17.7 Å². The van der Waals surface area contributed by atoms with E-state index in [0.29, 0.717) is 24.3 Å². The molecule has 0 unspecified atom stereocenters. The van der Waals surface area contributed by atoms with Crippen LogP contribution in [-0.2, 0) is 4.79 Å². The van der Waals surface area contributed by atoms with Crippen molar-refractivity contribution in [1.82, 2.24) is 0 Å². The fraction of sp³-hybridized carbons (Fsp3) is 0.214. The van der Waals surface area contributed by atoms with Gasteiger partial charge in [-0.25, -0.2) is 9.18 Å². The van der Waals surface area contributed by atoms with E-state index in [4.69, 9.17) is 5.11 Å². The van der Waals surface area contributed by atoms with Crippen molar-refractivity contribution in [3.63, 3.8) is 0 Å². The first-order valence-corrected chi connectivity index (χ1v) is 5.65. The monoisotopic (exact) mass is 249 g/mol. The molecule has 0 saturated heterocycles. The molecular formula is C14H16FNO2. The van der Waals surface area contributed by atoms with E-state index in [9.17, 15) is 9.18 Å². The standard InChI is InChI=1S/C14H16FNO2/c1-3-10-16(4-2)14-11(8-9-13(17)18)6-5-7-12(14)15/h3,5-9H,1,4,10H2,2H3,(H,17,18)/b9-8+. The first kappa shape index (κ1) is 14.0.